The van der Waals surface area contributed by atoms with Crippen molar-refractivity contribution in [1.29, 1.82) is 0 Å². The summed E-state index contributed by atoms with van der Waals surface area (Å²) in [6, 6.07) is 9.74. The van der Waals surface area contributed by atoms with Crippen LogP contribution in [0.4, 0.5) is 0 Å². The summed E-state index contributed by atoms with van der Waals surface area (Å²) < 4.78 is 2.38. The zero-order valence-electron chi connectivity index (χ0n) is 9.98. The molecule has 1 aromatic carbocycles. The molecule has 4 heteroatoms. The van der Waals surface area contributed by atoms with Crippen molar-refractivity contribution in [3.8, 4) is 5.69 Å². The summed E-state index contributed by atoms with van der Waals surface area (Å²) in [5.74, 6) is 0. The molecule has 0 radical (unpaired) electrons. The minimum atomic E-state index is -0.133. The molecule has 2 aromatic rings. The van der Waals surface area contributed by atoms with Crippen LogP contribution in [0.5, 0.6) is 0 Å². The third-order valence-corrected chi connectivity index (χ3v) is 3.77. The Morgan fingerprint density at radius 1 is 1.11 bits per heavy atom. The highest BCUT2D eigenvalue weighted by Gasteiger charge is 2.17. The van der Waals surface area contributed by atoms with E-state index in [1.807, 2.05) is 30.3 Å². The second-order valence-electron chi connectivity index (χ2n) is 4.56. The summed E-state index contributed by atoms with van der Waals surface area (Å²) in [4.78, 5) is 14.9. The molecule has 92 valence electrons. The average Bonchev–Trinajstić information content (AvgIpc) is 2.40. The fourth-order valence-corrected chi connectivity index (χ4v) is 2.89. The first-order chi connectivity index (χ1) is 8.77. The maximum absolute atomic E-state index is 12.2. The van der Waals surface area contributed by atoms with Crippen LogP contribution in [0.3, 0.4) is 0 Å². The normalized spacial score (nSPS) is 14.2. The third kappa shape index (κ3) is 1.82. The van der Waals surface area contributed by atoms with E-state index in [9.17, 15) is 4.79 Å². The molecule has 0 saturated heterocycles. The highest BCUT2D eigenvalue weighted by molar-refractivity contribution is 7.71. The summed E-state index contributed by atoms with van der Waals surface area (Å²) in [7, 11) is 0. The highest BCUT2D eigenvalue weighted by Crippen LogP contribution is 2.22. The number of nitrogens with zero attached hydrogens (tertiary/aromatic N) is 1. The smallest absolute Gasteiger partial charge is 0.298 e. The van der Waals surface area contributed by atoms with Crippen LogP contribution in [0.15, 0.2) is 35.1 Å². The Morgan fingerprint density at radius 2 is 1.83 bits per heavy atom. The molecule has 0 saturated carbocycles. The van der Waals surface area contributed by atoms with Gasteiger partial charge in [0.25, 0.3) is 0 Å². The highest BCUT2D eigenvalue weighted by atomic mass is 32.1. The molecular formula is C14H14N2OS. The lowest BCUT2D eigenvalue weighted by Gasteiger charge is -2.20. The van der Waals surface area contributed by atoms with Gasteiger partial charge >= 0.3 is 5.69 Å². The Morgan fingerprint density at radius 3 is 2.61 bits per heavy atom. The molecule has 0 bridgehead atoms. The number of hydrogen-bond acceptors (Lipinski definition) is 2. The maximum atomic E-state index is 12.2. The van der Waals surface area contributed by atoms with Crippen molar-refractivity contribution in [3.05, 3.63) is 56.7 Å². The van der Waals surface area contributed by atoms with E-state index in [0.717, 1.165) is 42.6 Å². The molecule has 1 N–H and O–H groups in total. The Hall–Kier alpha value is -1.68. The molecule has 0 aliphatic heterocycles. The van der Waals surface area contributed by atoms with Gasteiger partial charge in [-0.25, -0.2) is 4.79 Å². The van der Waals surface area contributed by atoms with Crippen LogP contribution in [0.25, 0.3) is 5.69 Å². The lowest BCUT2D eigenvalue weighted by atomic mass is 9.97. The minimum Gasteiger partial charge on any atom is -0.298 e. The number of aromatic nitrogens is 2. The van der Waals surface area contributed by atoms with Crippen LogP contribution in [0, 0.1) is 4.64 Å². The molecule has 0 atom stereocenters. The number of nitrogens with one attached hydrogen (secondary N) is 1. The SMILES string of the molecule is O=c1[nH]c(=S)c2c(n1-c1ccccc1)CCCC2. The standard InChI is InChI=1S/C14H14N2OS/c17-14-15-13(18)11-8-4-5-9-12(11)16(14)10-6-2-1-3-7-10/h1-3,6-7H,4-5,8-9H2,(H,15,17,18). The maximum Gasteiger partial charge on any atom is 0.331 e. The Labute approximate surface area is 110 Å². The Bertz CT molecular complexity index is 685. The van der Waals surface area contributed by atoms with Gasteiger partial charge in [-0.1, -0.05) is 30.4 Å². The third-order valence-electron chi connectivity index (χ3n) is 3.42. The van der Waals surface area contributed by atoms with Gasteiger partial charge in [-0.05, 0) is 37.8 Å². The van der Waals surface area contributed by atoms with Gasteiger partial charge in [-0.2, -0.15) is 0 Å². The first-order valence-corrected chi connectivity index (χ1v) is 6.61. The van der Waals surface area contributed by atoms with Crippen LogP contribution in [-0.4, -0.2) is 9.55 Å². The zero-order chi connectivity index (χ0) is 12.5. The number of aromatic amines is 1. The van der Waals surface area contributed by atoms with Crippen LogP contribution >= 0.6 is 12.2 Å². The molecule has 1 aliphatic carbocycles. The monoisotopic (exact) mass is 258 g/mol. The van der Waals surface area contributed by atoms with E-state index in [0.29, 0.717) is 4.64 Å². The van der Waals surface area contributed by atoms with E-state index in [1.54, 1.807) is 4.57 Å². The molecule has 0 unspecified atom stereocenters. The van der Waals surface area contributed by atoms with Gasteiger partial charge in [0.05, 0.1) is 5.69 Å². The quantitative estimate of drug-likeness (QED) is 0.799. The van der Waals surface area contributed by atoms with Crippen molar-refractivity contribution in [3.63, 3.8) is 0 Å². The first-order valence-electron chi connectivity index (χ1n) is 6.20. The number of hydrogen-bond donors (Lipinski definition) is 1. The second kappa shape index (κ2) is 4.53. The van der Waals surface area contributed by atoms with Crippen molar-refractivity contribution in [2.24, 2.45) is 0 Å². The lowest BCUT2D eigenvalue weighted by molar-refractivity contribution is 0.631. The largest absolute Gasteiger partial charge is 0.331 e. The minimum absolute atomic E-state index is 0.133. The Balaban J connectivity index is 2.33. The molecule has 3 nitrogen and oxygen atoms in total. The van der Waals surface area contributed by atoms with Gasteiger partial charge in [0.15, 0.2) is 0 Å². The van der Waals surface area contributed by atoms with E-state index in [1.165, 1.54) is 0 Å². The number of para-hydroxylation sites is 1. The molecule has 1 aliphatic rings. The predicted octanol–water partition coefficient (Wildman–Crippen LogP) is 2.77. The second-order valence-corrected chi connectivity index (χ2v) is 4.97. The summed E-state index contributed by atoms with van der Waals surface area (Å²) >= 11 is 5.27. The van der Waals surface area contributed by atoms with Gasteiger partial charge < -0.3 is 0 Å². The molecular weight excluding hydrogens is 244 g/mol. The predicted molar refractivity (Wildman–Crippen MR) is 73.9 cm³/mol. The van der Waals surface area contributed by atoms with Gasteiger partial charge in [-0.15, -0.1) is 0 Å². The number of benzene rings is 1. The molecule has 0 amide bonds. The number of H-pyrrole nitrogens is 1. The summed E-state index contributed by atoms with van der Waals surface area (Å²) in [6.07, 6.45) is 4.17. The molecule has 0 spiro atoms. The topological polar surface area (TPSA) is 37.8 Å². The first kappa shape index (κ1) is 11.4. The van der Waals surface area contributed by atoms with Gasteiger partial charge in [0.2, 0.25) is 0 Å². The number of rotatable bonds is 1. The van der Waals surface area contributed by atoms with Gasteiger partial charge in [0, 0.05) is 11.3 Å². The Kier molecular flexibility index (Phi) is 2.88. The zero-order valence-corrected chi connectivity index (χ0v) is 10.8. The van der Waals surface area contributed by atoms with Crippen molar-refractivity contribution in [2.45, 2.75) is 25.7 Å². The number of fused-ring (bicyclic) bond motifs is 1. The van der Waals surface area contributed by atoms with E-state index in [2.05, 4.69) is 4.98 Å². The molecule has 1 heterocycles. The van der Waals surface area contributed by atoms with Crippen LogP contribution in [0.1, 0.15) is 24.1 Å². The van der Waals surface area contributed by atoms with E-state index < -0.39 is 0 Å². The van der Waals surface area contributed by atoms with Crippen molar-refractivity contribution >= 4 is 12.2 Å². The summed E-state index contributed by atoms with van der Waals surface area (Å²) in [5.41, 5.74) is 3.00. The van der Waals surface area contributed by atoms with Gasteiger partial charge in [0.1, 0.15) is 4.64 Å². The summed E-state index contributed by atoms with van der Waals surface area (Å²) in [6.45, 7) is 0. The van der Waals surface area contributed by atoms with E-state index >= 15 is 0 Å². The summed E-state index contributed by atoms with van der Waals surface area (Å²) in [5, 5.41) is 0. The lowest BCUT2D eigenvalue weighted by Crippen LogP contribution is -2.28. The molecule has 3 rings (SSSR count). The molecule has 1 aromatic heterocycles. The van der Waals surface area contributed by atoms with Crippen LogP contribution in [-0.2, 0) is 12.8 Å². The van der Waals surface area contributed by atoms with E-state index in [-0.39, 0.29) is 5.69 Å². The van der Waals surface area contributed by atoms with Crippen LogP contribution in [0.2, 0.25) is 0 Å². The van der Waals surface area contributed by atoms with E-state index in [4.69, 9.17) is 12.2 Å². The van der Waals surface area contributed by atoms with Crippen molar-refractivity contribution in [2.75, 3.05) is 0 Å². The van der Waals surface area contributed by atoms with Gasteiger partial charge in [-0.3, -0.25) is 9.55 Å². The fourth-order valence-electron chi connectivity index (χ4n) is 2.58. The van der Waals surface area contributed by atoms with Crippen molar-refractivity contribution in [1.82, 2.24) is 9.55 Å². The molecule has 0 fully saturated rings. The average molecular weight is 258 g/mol. The molecule has 18 heavy (non-hydrogen) atoms. The van der Waals surface area contributed by atoms with Crippen molar-refractivity contribution < 1.29 is 0 Å². The fraction of sp³-hybridized carbons (Fsp3) is 0.286. The van der Waals surface area contributed by atoms with Crippen LogP contribution < -0.4 is 5.69 Å².